The molecule has 3 heteroatoms. The molecule has 0 saturated carbocycles. The molecule has 1 aromatic rings. The molecule has 1 aromatic carbocycles. The van der Waals surface area contributed by atoms with Crippen molar-refractivity contribution in [3.63, 3.8) is 0 Å². The van der Waals surface area contributed by atoms with Crippen LogP contribution in [0, 0.1) is 0 Å². The molecule has 1 fully saturated rings. The molecular weight excluding hydrogens is 332 g/mol. The maximum absolute atomic E-state index is 5.70. The van der Waals surface area contributed by atoms with E-state index in [0.29, 0.717) is 12.0 Å². The Morgan fingerprint density at radius 2 is 2.31 bits per heavy atom. The minimum Gasteiger partial charge on any atom is -0.378 e. The Hall–Kier alpha value is 0.140. The summed E-state index contributed by atoms with van der Waals surface area (Å²) in [6.45, 7) is 0.943. The first-order valence-electron chi connectivity index (χ1n) is 5.72. The SMILES string of the molecule is BrCC(CC1CCCO1)c1cccc(Br)c1. The summed E-state index contributed by atoms with van der Waals surface area (Å²) in [5.74, 6) is 0.556. The van der Waals surface area contributed by atoms with Crippen LogP contribution in [0.3, 0.4) is 0 Å². The van der Waals surface area contributed by atoms with Crippen LogP contribution >= 0.6 is 31.9 Å². The van der Waals surface area contributed by atoms with Gasteiger partial charge < -0.3 is 4.74 Å². The Labute approximate surface area is 114 Å². The molecule has 0 aliphatic carbocycles. The molecule has 88 valence electrons. The largest absolute Gasteiger partial charge is 0.378 e. The van der Waals surface area contributed by atoms with Gasteiger partial charge in [-0.25, -0.2) is 0 Å². The van der Waals surface area contributed by atoms with Gasteiger partial charge in [0.05, 0.1) is 6.10 Å². The van der Waals surface area contributed by atoms with Crippen LogP contribution in [0.1, 0.15) is 30.7 Å². The Kier molecular flexibility index (Phi) is 4.86. The molecule has 1 aliphatic heterocycles. The number of hydrogen-bond acceptors (Lipinski definition) is 1. The van der Waals surface area contributed by atoms with Crippen LogP contribution in [0.15, 0.2) is 28.7 Å². The highest BCUT2D eigenvalue weighted by atomic mass is 79.9. The fraction of sp³-hybridized carbons (Fsp3) is 0.538. The summed E-state index contributed by atoms with van der Waals surface area (Å²) < 4.78 is 6.86. The Morgan fingerprint density at radius 1 is 1.44 bits per heavy atom. The van der Waals surface area contributed by atoms with E-state index in [0.717, 1.165) is 22.8 Å². The second kappa shape index (κ2) is 6.18. The van der Waals surface area contributed by atoms with Gasteiger partial charge in [0.2, 0.25) is 0 Å². The van der Waals surface area contributed by atoms with Gasteiger partial charge in [-0.1, -0.05) is 44.0 Å². The Bertz CT molecular complexity index is 334. The number of hydrogen-bond donors (Lipinski definition) is 0. The van der Waals surface area contributed by atoms with Crippen LogP contribution in [0.25, 0.3) is 0 Å². The highest BCUT2D eigenvalue weighted by Gasteiger charge is 2.21. The number of benzene rings is 1. The normalized spacial score (nSPS) is 22.2. The first kappa shape index (κ1) is 12.6. The molecule has 0 radical (unpaired) electrons. The van der Waals surface area contributed by atoms with E-state index in [9.17, 15) is 0 Å². The van der Waals surface area contributed by atoms with Crippen LogP contribution in [0.5, 0.6) is 0 Å². The van der Waals surface area contributed by atoms with Crippen LogP contribution < -0.4 is 0 Å². The second-order valence-corrected chi connectivity index (χ2v) is 5.84. The molecule has 2 unspecified atom stereocenters. The van der Waals surface area contributed by atoms with E-state index >= 15 is 0 Å². The molecule has 0 bridgehead atoms. The lowest BCUT2D eigenvalue weighted by atomic mass is 9.94. The number of halogens is 2. The van der Waals surface area contributed by atoms with Crippen molar-refractivity contribution in [3.05, 3.63) is 34.3 Å². The lowest BCUT2D eigenvalue weighted by Crippen LogP contribution is -2.12. The minimum atomic E-state index is 0.460. The molecule has 1 aliphatic rings. The predicted octanol–water partition coefficient (Wildman–Crippen LogP) is 4.50. The van der Waals surface area contributed by atoms with Crippen molar-refractivity contribution in [3.8, 4) is 0 Å². The van der Waals surface area contributed by atoms with E-state index < -0.39 is 0 Å². The van der Waals surface area contributed by atoms with Crippen molar-refractivity contribution in [1.82, 2.24) is 0 Å². The Morgan fingerprint density at radius 3 is 2.94 bits per heavy atom. The first-order valence-corrected chi connectivity index (χ1v) is 7.64. The van der Waals surface area contributed by atoms with Gasteiger partial charge in [-0.15, -0.1) is 0 Å². The zero-order valence-electron chi connectivity index (χ0n) is 9.16. The van der Waals surface area contributed by atoms with E-state index in [2.05, 4.69) is 56.1 Å². The summed E-state index contributed by atoms with van der Waals surface area (Å²) in [4.78, 5) is 0. The lowest BCUT2D eigenvalue weighted by molar-refractivity contribution is 0.0997. The summed E-state index contributed by atoms with van der Waals surface area (Å²) in [7, 11) is 0. The molecule has 2 atom stereocenters. The van der Waals surface area contributed by atoms with Gasteiger partial charge in [-0.3, -0.25) is 0 Å². The van der Waals surface area contributed by atoms with Crippen LogP contribution in [-0.2, 0) is 4.74 Å². The van der Waals surface area contributed by atoms with Crippen molar-refractivity contribution < 1.29 is 4.74 Å². The summed E-state index contributed by atoms with van der Waals surface area (Å²) in [6, 6.07) is 8.58. The van der Waals surface area contributed by atoms with Crippen LogP contribution in [-0.4, -0.2) is 18.0 Å². The standard InChI is InChI=1S/C13H16Br2O/c14-9-11(8-13-5-2-6-16-13)10-3-1-4-12(15)7-10/h1,3-4,7,11,13H,2,5-6,8-9H2. The van der Waals surface area contributed by atoms with E-state index in [1.165, 1.54) is 18.4 Å². The summed E-state index contributed by atoms with van der Waals surface area (Å²) >= 11 is 7.14. The highest BCUT2D eigenvalue weighted by Crippen LogP contribution is 2.29. The smallest absolute Gasteiger partial charge is 0.0582 e. The topological polar surface area (TPSA) is 9.23 Å². The third-order valence-electron chi connectivity index (χ3n) is 3.08. The van der Waals surface area contributed by atoms with E-state index in [1.807, 2.05) is 0 Å². The minimum absolute atomic E-state index is 0.460. The molecule has 0 aromatic heterocycles. The van der Waals surface area contributed by atoms with Gasteiger partial charge in [0.1, 0.15) is 0 Å². The molecule has 0 N–H and O–H groups in total. The van der Waals surface area contributed by atoms with E-state index in [-0.39, 0.29) is 0 Å². The van der Waals surface area contributed by atoms with Crippen molar-refractivity contribution in [2.24, 2.45) is 0 Å². The lowest BCUT2D eigenvalue weighted by Gasteiger charge is -2.18. The maximum Gasteiger partial charge on any atom is 0.0582 e. The summed E-state index contributed by atoms with van der Waals surface area (Å²) in [5.41, 5.74) is 1.39. The van der Waals surface area contributed by atoms with Crippen molar-refractivity contribution in [2.45, 2.75) is 31.3 Å². The fourth-order valence-electron chi connectivity index (χ4n) is 2.20. The Balaban J connectivity index is 2.03. The zero-order valence-corrected chi connectivity index (χ0v) is 12.3. The molecule has 0 amide bonds. The van der Waals surface area contributed by atoms with E-state index in [1.54, 1.807) is 0 Å². The number of rotatable bonds is 4. The van der Waals surface area contributed by atoms with Gasteiger partial charge in [0.15, 0.2) is 0 Å². The van der Waals surface area contributed by atoms with Crippen LogP contribution in [0.4, 0.5) is 0 Å². The molecule has 1 saturated heterocycles. The maximum atomic E-state index is 5.70. The van der Waals surface area contributed by atoms with E-state index in [4.69, 9.17) is 4.74 Å². The summed E-state index contributed by atoms with van der Waals surface area (Å²) in [5, 5.41) is 1.00. The van der Waals surface area contributed by atoms with Gasteiger partial charge in [-0.2, -0.15) is 0 Å². The highest BCUT2D eigenvalue weighted by molar-refractivity contribution is 9.10. The molecule has 2 rings (SSSR count). The van der Waals surface area contributed by atoms with Gasteiger partial charge in [0, 0.05) is 16.4 Å². The third-order valence-corrected chi connectivity index (χ3v) is 4.35. The van der Waals surface area contributed by atoms with Crippen LogP contribution in [0.2, 0.25) is 0 Å². The average molecular weight is 348 g/mol. The second-order valence-electron chi connectivity index (χ2n) is 4.28. The van der Waals surface area contributed by atoms with Crippen molar-refractivity contribution in [1.29, 1.82) is 0 Å². The monoisotopic (exact) mass is 346 g/mol. The molecule has 1 heterocycles. The molecular formula is C13H16Br2O. The fourth-order valence-corrected chi connectivity index (χ4v) is 3.25. The number of ether oxygens (including phenoxy) is 1. The number of alkyl halides is 1. The van der Waals surface area contributed by atoms with Crippen molar-refractivity contribution >= 4 is 31.9 Å². The van der Waals surface area contributed by atoms with Gasteiger partial charge in [-0.05, 0) is 42.9 Å². The molecule has 1 nitrogen and oxygen atoms in total. The molecule has 0 spiro atoms. The quantitative estimate of drug-likeness (QED) is 0.729. The summed E-state index contributed by atoms with van der Waals surface area (Å²) in [6.07, 6.45) is 4.03. The average Bonchev–Trinajstić information content (AvgIpc) is 2.78. The third kappa shape index (κ3) is 3.31. The predicted molar refractivity (Wildman–Crippen MR) is 74.3 cm³/mol. The van der Waals surface area contributed by atoms with Gasteiger partial charge in [0.25, 0.3) is 0 Å². The molecule has 16 heavy (non-hydrogen) atoms. The van der Waals surface area contributed by atoms with Gasteiger partial charge >= 0.3 is 0 Å². The van der Waals surface area contributed by atoms with Crippen molar-refractivity contribution in [2.75, 3.05) is 11.9 Å². The first-order chi connectivity index (χ1) is 7.79. The zero-order chi connectivity index (χ0) is 11.4.